The highest BCUT2D eigenvalue weighted by Crippen LogP contribution is 2.27. The van der Waals surface area contributed by atoms with E-state index in [4.69, 9.17) is 4.74 Å². The molecular weight excluding hydrogens is 374 g/mol. The molecule has 4 nitrogen and oxygen atoms in total. The number of carbonyl (C=O) groups is 2. The van der Waals surface area contributed by atoms with Gasteiger partial charge < -0.3 is 9.64 Å². The first kappa shape index (κ1) is 21.9. The van der Waals surface area contributed by atoms with Crippen LogP contribution in [0.1, 0.15) is 35.2 Å². The summed E-state index contributed by atoms with van der Waals surface area (Å²) in [7, 11) is 4.00. The lowest BCUT2D eigenvalue weighted by Crippen LogP contribution is -2.31. The molecular formula is C23H26ClNO3. The number of ketones is 1. The molecule has 0 aromatic heterocycles. The number of benzene rings is 2. The molecule has 1 saturated carbocycles. The molecule has 1 fully saturated rings. The number of esters is 1. The van der Waals surface area contributed by atoms with E-state index in [1.807, 2.05) is 38.4 Å². The van der Waals surface area contributed by atoms with E-state index in [0.29, 0.717) is 11.3 Å². The minimum atomic E-state index is -0.379. The van der Waals surface area contributed by atoms with Gasteiger partial charge in [0.05, 0.1) is 5.56 Å². The number of carbonyl (C=O) groups excluding carboxylic acids is 2. The normalized spacial score (nSPS) is 18.0. The zero-order chi connectivity index (χ0) is 19.2. The zero-order valence-corrected chi connectivity index (χ0v) is 17.1. The average Bonchev–Trinajstić information content (AvgIpc) is 2.67. The van der Waals surface area contributed by atoms with Crippen molar-refractivity contribution in [3.63, 3.8) is 0 Å². The van der Waals surface area contributed by atoms with Gasteiger partial charge >= 0.3 is 5.97 Å². The molecule has 2 aromatic carbocycles. The van der Waals surface area contributed by atoms with Crippen LogP contribution in [0.25, 0.3) is 6.08 Å². The number of hydrogen-bond acceptors (Lipinski definition) is 4. The van der Waals surface area contributed by atoms with Gasteiger partial charge in [0, 0.05) is 12.5 Å². The van der Waals surface area contributed by atoms with E-state index in [9.17, 15) is 9.59 Å². The van der Waals surface area contributed by atoms with E-state index < -0.39 is 0 Å². The van der Waals surface area contributed by atoms with Gasteiger partial charge in [0.25, 0.3) is 0 Å². The smallest absolute Gasteiger partial charge is 0.343 e. The van der Waals surface area contributed by atoms with Crippen LogP contribution in [0.4, 0.5) is 0 Å². The van der Waals surface area contributed by atoms with E-state index in [0.717, 1.165) is 36.9 Å². The summed E-state index contributed by atoms with van der Waals surface area (Å²) in [5.74, 6) is 0.461. The number of allylic oxidation sites excluding steroid dienone is 1. The lowest BCUT2D eigenvalue weighted by Gasteiger charge is -2.25. The van der Waals surface area contributed by atoms with Crippen LogP contribution in [0.5, 0.6) is 5.75 Å². The van der Waals surface area contributed by atoms with E-state index in [1.54, 1.807) is 36.4 Å². The fourth-order valence-electron chi connectivity index (χ4n) is 3.39. The molecule has 3 rings (SSSR count). The fourth-order valence-corrected chi connectivity index (χ4v) is 3.39. The molecule has 0 saturated heterocycles. The van der Waals surface area contributed by atoms with Crippen molar-refractivity contribution in [3.8, 4) is 5.75 Å². The lowest BCUT2D eigenvalue weighted by atomic mass is 9.83. The Morgan fingerprint density at radius 1 is 1.11 bits per heavy atom. The molecule has 1 atom stereocenters. The first-order chi connectivity index (χ1) is 13.0. The Morgan fingerprint density at radius 3 is 2.43 bits per heavy atom. The van der Waals surface area contributed by atoms with Gasteiger partial charge in [0.15, 0.2) is 5.78 Å². The van der Waals surface area contributed by atoms with Crippen LogP contribution in [-0.4, -0.2) is 37.3 Å². The third kappa shape index (κ3) is 5.78. The van der Waals surface area contributed by atoms with Gasteiger partial charge in [-0.15, -0.1) is 12.4 Å². The molecule has 28 heavy (non-hydrogen) atoms. The third-order valence-electron chi connectivity index (χ3n) is 4.71. The summed E-state index contributed by atoms with van der Waals surface area (Å²) in [6.45, 7) is 0.796. The van der Waals surface area contributed by atoms with Crippen LogP contribution in [0.2, 0.25) is 0 Å². The maximum atomic E-state index is 12.7. The second-order valence-corrected chi connectivity index (χ2v) is 7.21. The predicted octanol–water partition coefficient (Wildman–Crippen LogP) is 4.64. The van der Waals surface area contributed by atoms with Crippen LogP contribution >= 0.6 is 12.4 Å². The van der Waals surface area contributed by atoms with Crippen LogP contribution < -0.4 is 4.74 Å². The molecule has 0 heterocycles. The van der Waals surface area contributed by atoms with Crippen molar-refractivity contribution in [1.82, 2.24) is 4.90 Å². The molecule has 0 bridgehead atoms. The maximum absolute atomic E-state index is 12.7. The number of rotatable bonds is 5. The van der Waals surface area contributed by atoms with Crippen molar-refractivity contribution in [1.29, 1.82) is 0 Å². The van der Waals surface area contributed by atoms with Crippen molar-refractivity contribution in [2.75, 3.05) is 20.6 Å². The average molecular weight is 400 g/mol. The first-order valence-electron chi connectivity index (χ1n) is 9.30. The Bertz CT molecular complexity index is 829. The van der Waals surface area contributed by atoms with Crippen LogP contribution in [-0.2, 0) is 4.79 Å². The zero-order valence-electron chi connectivity index (χ0n) is 16.3. The number of nitrogens with zero attached hydrogens (tertiary/aromatic N) is 1. The Morgan fingerprint density at radius 2 is 1.79 bits per heavy atom. The molecule has 0 N–H and O–H groups in total. The minimum Gasteiger partial charge on any atom is -0.423 e. The molecule has 2 aromatic rings. The molecule has 0 aliphatic heterocycles. The van der Waals surface area contributed by atoms with Gasteiger partial charge in [-0.05, 0) is 74.8 Å². The molecule has 1 aliphatic rings. The second kappa shape index (κ2) is 10.2. The van der Waals surface area contributed by atoms with E-state index in [-0.39, 0.29) is 30.1 Å². The Kier molecular flexibility index (Phi) is 7.97. The summed E-state index contributed by atoms with van der Waals surface area (Å²) in [4.78, 5) is 26.8. The Balaban J connectivity index is 0.00000280. The van der Waals surface area contributed by atoms with Crippen molar-refractivity contribution < 1.29 is 14.3 Å². The lowest BCUT2D eigenvalue weighted by molar-refractivity contribution is -0.120. The highest BCUT2D eigenvalue weighted by molar-refractivity contribution is 6.01. The third-order valence-corrected chi connectivity index (χ3v) is 4.71. The summed E-state index contributed by atoms with van der Waals surface area (Å²) in [6, 6.07) is 16.2. The Labute approximate surface area is 172 Å². The van der Waals surface area contributed by atoms with Gasteiger partial charge in [0.1, 0.15) is 5.75 Å². The van der Waals surface area contributed by atoms with E-state index in [2.05, 4.69) is 4.90 Å². The monoisotopic (exact) mass is 399 g/mol. The van der Waals surface area contributed by atoms with Gasteiger partial charge in [-0.25, -0.2) is 4.79 Å². The van der Waals surface area contributed by atoms with Gasteiger partial charge in [-0.3, -0.25) is 4.79 Å². The largest absolute Gasteiger partial charge is 0.423 e. The summed E-state index contributed by atoms with van der Waals surface area (Å²) in [6.07, 6.45) is 4.80. The molecule has 1 unspecified atom stereocenters. The fraction of sp³-hybridized carbons (Fsp3) is 0.304. The van der Waals surface area contributed by atoms with Gasteiger partial charge in [-0.1, -0.05) is 30.3 Å². The summed E-state index contributed by atoms with van der Waals surface area (Å²) in [5, 5.41) is 0. The number of hydrogen-bond donors (Lipinski definition) is 0. The predicted molar refractivity (Wildman–Crippen MR) is 114 cm³/mol. The van der Waals surface area contributed by atoms with Crippen LogP contribution in [0, 0.1) is 5.92 Å². The summed E-state index contributed by atoms with van der Waals surface area (Å²) >= 11 is 0. The molecule has 5 heteroatoms. The van der Waals surface area contributed by atoms with Gasteiger partial charge in [-0.2, -0.15) is 0 Å². The SMILES string of the molecule is CN(C)CC1CCC/C(=C\c2ccc(OC(=O)c3ccccc3)cc2)C1=O.Cl. The molecule has 0 amide bonds. The van der Waals surface area contributed by atoms with Crippen LogP contribution in [0.15, 0.2) is 60.2 Å². The highest BCUT2D eigenvalue weighted by atomic mass is 35.5. The quantitative estimate of drug-likeness (QED) is 0.417. The van der Waals surface area contributed by atoms with Crippen LogP contribution in [0.3, 0.4) is 0 Å². The minimum absolute atomic E-state index is 0. The topological polar surface area (TPSA) is 46.6 Å². The van der Waals surface area contributed by atoms with Crippen molar-refractivity contribution in [2.45, 2.75) is 19.3 Å². The second-order valence-electron chi connectivity index (χ2n) is 7.21. The molecule has 148 valence electrons. The molecule has 1 aliphatic carbocycles. The highest BCUT2D eigenvalue weighted by Gasteiger charge is 2.26. The standard InChI is InChI=1S/C23H25NO3.ClH/c1-24(2)16-20-10-6-9-19(22(20)25)15-17-11-13-21(14-12-17)27-23(26)18-7-4-3-5-8-18;/h3-5,7-8,11-15,20H,6,9-10,16H2,1-2H3;1H/b19-15+;. The first-order valence-corrected chi connectivity index (χ1v) is 9.30. The van der Waals surface area contributed by atoms with Gasteiger partial charge in [0.2, 0.25) is 0 Å². The number of Topliss-reactive ketones (excluding diaryl/α,β-unsaturated/α-hetero) is 1. The molecule has 0 spiro atoms. The van der Waals surface area contributed by atoms with E-state index >= 15 is 0 Å². The van der Waals surface area contributed by atoms with Crippen molar-refractivity contribution >= 4 is 30.2 Å². The van der Waals surface area contributed by atoms with Crippen molar-refractivity contribution in [2.24, 2.45) is 5.92 Å². The molecule has 0 radical (unpaired) electrons. The van der Waals surface area contributed by atoms with E-state index in [1.165, 1.54) is 0 Å². The summed E-state index contributed by atoms with van der Waals surface area (Å²) < 4.78 is 5.40. The van der Waals surface area contributed by atoms with Crippen molar-refractivity contribution in [3.05, 3.63) is 71.3 Å². The number of ether oxygens (including phenoxy) is 1. The summed E-state index contributed by atoms with van der Waals surface area (Å²) in [5.41, 5.74) is 2.36. The maximum Gasteiger partial charge on any atom is 0.343 e. The number of halogens is 1. The Hall–Kier alpha value is -2.43.